The highest BCUT2D eigenvalue weighted by atomic mass is 32.2. The fourth-order valence-electron chi connectivity index (χ4n) is 2.68. The maximum atomic E-state index is 5.54. The molecular weight excluding hydrogens is 362 g/mol. The summed E-state index contributed by atoms with van der Waals surface area (Å²) in [6.07, 6.45) is 3.78. The van der Waals surface area contributed by atoms with Crippen LogP contribution in [0.15, 0.2) is 58.3 Å². The Morgan fingerprint density at radius 3 is 2.70 bits per heavy atom. The van der Waals surface area contributed by atoms with Gasteiger partial charge in [0.25, 0.3) is 0 Å². The van der Waals surface area contributed by atoms with Gasteiger partial charge < -0.3 is 4.42 Å². The molecule has 0 aliphatic rings. The Morgan fingerprint density at radius 1 is 1.04 bits per heavy atom. The number of aromatic nitrogens is 7. The molecule has 0 aliphatic heterocycles. The van der Waals surface area contributed by atoms with E-state index in [0.29, 0.717) is 17.3 Å². The highest BCUT2D eigenvalue weighted by Crippen LogP contribution is 2.29. The van der Waals surface area contributed by atoms with Gasteiger partial charge in [-0.05, 0) is 41.1 Å². The van der Waals surface area contributed by atoms with E-state index < -0.39 is 0 Å². The molecule has 0 N–H and O–H groups in total. The van der Waals surface area contributed by atoms with Gasteiger partial charge in [0, 0.05) is 12.2 Å². The van der Waals surface area contributed by atoms with E-state index in [9.17, 15) is 0 Å². The average Bonchev–Trinajstić information content (AvgIpc) is 3.45. The van der Waals surface area contributed by atoms with Crippen molar-refractivity contribution in [3.63, 3.8) is 0 Å². The van der Waals surface area contributed by atoms with Gasteiger partial charge in [-0.2, -0.15) is 0 Å². The van der Waals surface area contributed by atoms with Crippen LogP contribution in [0.4, 0.5) is 0 Å². The Balaban J connectivity index is 1.63. The molecule has 0 fully saturated rings. The monoisotopic (exact) mass is 381 g/mol. The van der Waals surface area contributed by atoms with Crippen LogP contribution in [0.1, 0.15) is 25.6 Å². The number of hydrogen-bond donors (Lipinski definition) is 0. The van der Waals surface area contributed by atoms with Crippen LogP contribution in [0.3, 0.4) is 0 Å². The van der Waals surface area contributed by atoms with Crippen LogP contribution in [-0.4, -0.2) is 35.0 Å². The van der Waals surface area contributed by atoms with Crippen molar-refractivity contribution in [3.8, 4) is 17.3 Å². The van der Waals surface area contributed by atoms with Gasteiger partial charge in [0.05, 0.1) is 12.0 Å². The number of rotatable bonds is 8. The van der Waals surface area contributed by atoms with Crippen LogP contribution in [0.25, 0.3) is 17.3 Å². The van der Waals surface area contributed by atoms with Crippen molar-refractivity contribution in [2.24, 2.45) is 0 Å². The van der Waals surface area contributed by atoms with Gasteiger partial charge in [0.2, 0.25) is 5.82 Å². The summed E-state index contributed by atoms with van der Waals surface area (Å²) >= 11 is 1.55. The van der Waals surface area contributed by atoms with Crippen molar-refractivity contribution < 1.29 is 4.42 Å². The predicted octanol–water partition coefficient (Wildman–Crippen LogP) is 3.61. The maximum Gasteiger partial charge on any atom is 0.205 e. The summed E-state index contributed by atoms with van der Waals surface area (Å²) < 4.78 is 9.38. The van der Waals surface area contributed by atoms with E-state index in [1.54, 1.807) is 18.0 Å². The average molecular weight is 381 g/mol. The standard InChI is InChI=1S/C18H19N7OS/c1-2-3-11-24-16(19-22-23-24)13-27-18-21-20-17(15-10-7-12-26-15)25(18)14-8-5-4-6-9-14/h4-10,12H,2-3,11,13H2,1H3. The molecule has 9 heteroatoms. The van der Waals surface area contributed by atoms with E-state index >= 15 is 0 Å². The first-order valence-corrected chi connectivity index (χ1v) is 9.78. The zero-order valence-electron chi connectivity index (χ0n) is 14.9. The number of para-hydroxylation sites is 1. The Bertz CT molecular complexity index is 979. The number of benzene rings is 1. The molecule has 0 saturated carbocycles. The molecule has 3 aromatic heterocycles. The topological polar surface area (TPSA) is 87.4 Å². The van der Waals surface area contributed by atoms with Crippen LogP contribution >= 0.6 is 11.8 Å². The van der Waals surface area contributed by atoms with Crippen molar-refractivity contribution in [1.29, 1.82) is 0 Å². The SMILES string of the molecule is CCCCn1nnnc1CSc1nnc(-c2ccco2)n1-c1ccccc1. The van der Waals surface area contributed by atoms with Gasteiger partial charge in [0.1, 0.15) is 0 Å². The summed E-state index contributed by atoms with van der Waals surface area (Å²) in [6.45, 7) is 2.97. The zero-order chi connectivity index (χ0) is 18.5. The second-order valence-corrected chi connectivity index (χ2v) is 6.86. The molecule has 0 radical (unpaired) electrons. The normalized spacial score (nSPS) is 11.1. The maximum absolute atomic E-state index is 5.54. The summed E-state index contributed by atoms with van der Waals surface area (Å²) in [5, 5.41) is 21.5. The lowest BCUT2D eigenvalue weighted by molar-refractivity contribution is 0.540. The number of unbranched alkanes of at least 4 members (excludes halogenated alkanes) is 1. The fraction of sp³-hybridized carbons (Fsp3) is 0.278. The first kappa shape index (κ1) is 17.5. The Hall–Kier alpha value is -2.94. The number of aryl methyl sites for hydroxylation is 1. The zero-order valence-corrected chi connectivity index (χ0v) is 15.7. The minimum absolute atomic E-state index is 0.611. The minimum atomic E-state index is 0.611. The highest BCUT2D eigenvalue weighted by molar-refractivity contribution is 7.98. The second-order valence-electron chi connectivity index (χ2n) is 5.91. The van der Waals surface area contributed by atoms with Crippen LogP contribution in [-0.2, 0) is 12.3 Å². The molecular formula is C18H19N7OS. The highest BCUT2D eigenvalue weighted by Gasteiger charge is 2.19. The third-order valence-electron chi connectivity index (χ3n) is 4.05. The first-order chi connectivity index (χ1) is 13.4. The van der Waals surface area contributed by atoms with Crippen LogP contribution < -0.4 is 0 Å². The number of thioether (sulfide) groups is 1. The minimum Gasteiger partial charge on any atom is -0.461 e. The second kappa shape index (κ2) is 8.17. The fourth-order valence-corrected chi connectivity index (χ4v) is 3.56. The predicted molar refractivity (Wildman–Crippen MR) is 101 cm³/mol. The Morgan fingerprint density at radius 2 is 1.93 bits per heavy atom. The van der Waals surface area contributed by atoms with Crippen molar-refractivity contribution in [1.82, 2.24) is 35.0 Å². The van der Waals surface area contributed by atoms with E-state index in [2.05, 4.69) is 32.6 Å². The summed E-state index contributed by atoms with van der Waals surface area (Å²) in [7, 11) is 0. The van der Waals surface area contributed by atoms with E-state index in [0.717, 1.165) is 36.1 Å². The van der Waals surface area contributed by atoms with Crippen LogP contribution in [0, 0.1) is 0 Å². The molecule has 27 heavy (non-hydrogen) atoms. The van der Waals surface area contributed by atoms with Crippen LogP contribution in [0.2, 0.25) is 0 Å². The van der Waals surface area contributed by atoms with Gasteiger partial charge >= 0.3 is 0 Å². The van der Waals surface area contributed by atoms with E-state index in [1.807, 2.05) is 51.7 Å². The van der Waals surface area contributed by atoms with Crippen molar-refractivity contribution in [2.75, 3.05) is 0 Å². The molecule has 0 aliphatic carbocycles. The van der Waals surface area contributed by atoms with Crippen molar-refractivity contribution in [2.45, 2.75) is 37.2 Å². The van der Waals surface area contributed by atoms with Gasteiger partial charge in [0.15, 0.2) is 16.7 Å². The summed E-state index contributed by atoms with van der Waals surface area (Å²) in [5.41, 5.74) is 0.974. The van der Waals surface area contributed by atoms with Crippen molar-refractivity contribution >= 4 is 11.8 Å². The van der Waals surface area contributed by atoms with E-state index in [-0.39, 0.29) is 0 Å². The molecule has 4 rings (SSSR count). The number of furan rings is 1. The van der Waals surface area contributed by atoms with Crippen molar-refractivity contribution in [3.05, 3.63) is 54.6 Å². The summed E-state index contributed by atoms with van der Waals surface area (Å²) in [5.74, 6) is 2.78. The van der Waals surface area contributed by atoms with Gasteiger partial charge in [-0.1, -0.05) is 43.3 Å². The molecule has 0 atom stereocenters. The molecule has 0 amide bonds. The molecule has 3 heterocycles. The van der Waals surface area contributed by atoms with Gasteiger partial charge in [-0.15, -0.1) is 15.3 Å². The van der Waals surface area contributed by atoms with Gasteiger partial charge in [-0.25, -0.2) is 4.68 Å². The quantitative estimate of drug-likeness (QED) is 0.431. The third-order valence-corrected chi connectivity index (χ3v) is 4.97. The van der Waals surface area contributed by atoms with Gasteiger partial charge in [-0.3, -0.25) is 4.57 Å². The molecule has 1 aromatic carbocycles. The molecule has 0 saturated heterocycles. The Kier molecular flexibility index (Phi) is 5.29. The number of tetrazole rings is 1. The first-order valence-electron chi connectivity index (χ1n) is 8.79. The number of hydrogen-bond acceptors (Lipinski definition) is 7. The molecule has 138 valence electrons. The smallest absolute Gasteiger partial charge is 0.205 e. The lowest BCUT2D eigenvalue weighted by Crippen LogP contribution is -2.05. The van der Waals surface area contributed by atoms with E-state index in [4.69, 9.17) is 4.42 Å². The third kappa shape index (κ3) is 3.77. The molecule has 8 nitrogen and oxygen atoms in total. The number of nitrogens with zero attached hydrogens (tertiary/aromatic N) is 7. The van der Waals surface area contributed by atoms with E-state index in [1.165, 1.54) is 0 Å². The molecule has 0 bridgehead atoms. The van der Waals surface area contributed by atoms with Crippen LogP contribution in [0.5, 0.6) is 0 Å². The summed E-state index contributed by atoms with van der Waals surface area (Å²) in [6, 6.07) is 13.7. The summed E-state index contributed by atoms with van der Waals surface area (Å²) in [4.78, 5) is 0. The largest absolute Gasteiger partial charge is 0.461 e. The Labute approximate surface area is 160 Å². The lowest BCUT2D eigenvalue weighted by Gasteiger charge is -2.09. The molecule has 0 unspecified atom stereocenters. The lowest BCUT2D eigenvalue weighted by atomic mass is 10.3. The molecule has 4 aromatic rings. The molecule has 0 spiro atoms.